The number of nitrogens with zero attached hydrogens (tertiary/aromatic N) is 5. The van der Waals surface area contributed by atoms with E-state index in [4.69, 9.17) is 0 Å². The van der Waals surface area contributed by atoms with E-state index in [1.807, 2.05) is 65.5 Å². The minimum Gasteiger partial charge on any atom is -0.311 e. The first-order chi connectivity index (χ1) is 16.3. The second-order valence-electron chi connectivity index (χ2n) is 8.44. The van der Waals surface area contributed by atoms with Gasteiger partial charge in [-0.15, -0.1) is 0 Å². The van der Waals surface area contributed by atoms with Crippen molar-refractivity contribution in [2.75, 3.05) is 18.4 Å². The molecule has 1 saturated heterocycles. The van der Waals surface area contributed by atoms with Crippen LogP contribution in [0.4, 0.5) is 5.82 Å². The van der Waals surface area contributed by atoms with Crippen LogP contribution in [0.3, 0.4) is 0 Å². The molecule has 4 heterocycles. The Bertz CT molecular complexity index is 1180. The quantitative estimate of drug-likeness (QED) is 0.470. The average Bonchev–Trinajstić information content (AvgIpc) is 3.50. The summed E-state index contributed by atoms with van der Waals surface area (Å²) in [6.07, 6.45) is 8.01. The first-order valence-corrected chi connectivity index (χ1v) is 11.4. The molecule has 1 fully saturated rings. The fourth-order valence-electron chi connectivity index (χ4n) is 4.49. The molecule has 1 N–H and O–H groups in total. The summed E-state index contributed by atoms with van der Waals surface area (Å²) >= 11 is 0. The van der Waals surface area contributed by atoms with Crippen LogP contribution in [0.2, 0.25) is 0 Å². The number of hydrogen-bond acceptors (Lipinski definition) is 4. The molecule has 1 aromatic carbocycles. The van der Waals surface area contributed by atoms with Crippen LogP contribution in [0.5, 0.6) is 0 Å². The molecule has 0 unspecified atom stereocenters. The third-order valence-corrected chi connectivity index (χ3v) is 6.16. The monoisotopic (exact) mass is 440 g/mol. The number of pyridine rings is 1. The molecule has 7 nitrogen and oxygen atoms in total. The number of anilines is 1. The summed E-state index contributed by atoms with van der Waals surface area (Å²) in [4.78, 5) is 19.5. The standard InChI is InChI=1S/C26H28N6O/c33-26(19-21-7-2-1-3-8-21)29-25-11-15-28-32(25)22-12-17-30(18-13-22)20-23-9-6-16-31(23)24-10-4-5-14-27-24/h1-11,14-16,22H,12-13,17-20H2,(H,29,33). The molecule has 5 rings (SSSR count). The number of nitrogens with one attached hydrogen (secondary N) is 1. The van der Waals surface area contributed by atoms with Gasteiger partial charge >= 0.3 is 0 Å². The number of hydrogen-bond donors (Lipinski definition) is 1. The van der Waals surface area contributed by atoms with Gasteiger partial charge in [-0.3, -0.25) is 9.69 Å². The summed E-state index contributed by atoms with van der Waals surface area (Å²) < 4.78 is 4.14. The lowest BCUT2D eigenvalue weighted by atomic mass is 10.0. The maximum atomic E-state index is 12.5. The summed E-state index contributed by atoms with van der Waals surface area (Å²) in [7, 11) is 0. The second kappa shape index (κ2) is 9.83. The Morgan fingerprint density at radius 1 is 0.939 bits per heavy atom. The molecule has 7 heteroatoms. The Kier molecular flexibility index (Phi) is 6.30. The SMILES string of the molecule is O=C(Cc1ccccc1)Nc1ccnn1C1CCN(Cc2cccn2-c2ccccn2)CC1. The van der Waals surface area contributed by atoms with E-state index in [0.29, 0.717) is 6.42 Å². The largest absolute Gasteiger partial charge is 0.311 e. The molecule has 0 bridgehead atoms. The summed E-state index contributed by atoms with van der Waals surface area (Å²) in [5.41, 5.74) is 2.24. The molecule has 0 radical (unpaired) electrons. The van der Waals surface area contributed by atoms with Crippen molar-refractivity contribution in [2.45, 2.75) is 31.8 Å². The molecule has 1 aliphatic heterocycles. The van der Waals surface area contributed by atoms with Crippen LogP contribution in [0.25, 0.3) is 5.82 Å². The molecule has 33 heavy (non-hydrogen) atoms. The smallest absolute Gasteiger partial charge is 0.229 e. The molecule has 0 saturated carbocycles. The first kappa shape index (κ1) is 21.2. The number of piperidine rings is 1. The van der Waals surface area contributed by atoms with Crippen molar-refractivity contribution in [1.29, 1.82) is 0 Å². The van der Waals surface area contributed by atoms with E-state index in [1.165, 1.54) is 5.69 Å². The number of amides is 1. The zero-order chi connectivity index (χ0) is 22.5. The van der Waals surface area contributed by atoms with E-state index in [-0.39, 0.29) is 11.9 Å². The van der Waals surface area contributed by atoms with Crippen LogP contribution in [-0.4, -0.2) is 43.2 Å². The van der Waals surface area contributed by atoms with Gasteiger partial charge in [-0.05, 0) is 42.7 Å². The van der Waals surface area contributed by atoms with E-state index < -0.39 is 0 Å². The molecule has 0 atom stereocenters. The van der Waals surface area contributed by atoms with Gasteiger partial charge in [0.1, 0.15) is 11.6 Å². The van der Waals surface area contributed by atoms with Crippen LogP contribution < -0.4 is 5.32 Å². The number of carbonyl (C=O) groups is 1. The van der Waals surface area contributed by atoms with Gasteiger partial charge in [0.05, 0.1) is 18.7 Å². The Balaban J connectivity index is 1.18. The highest BCUT2D eigenvalue weighted by molar-refractivity contribution is 5.91. The van der Waals surface area contributed by atoms with Crippen LogP contribution in [-0.2, 0) is 17.8 Å². The Hall–Kier alpha value is -3.71. The van der Waals surface area contributed by atoms with Crippen molar-refractivity contribution in [3.05, 3.63) is 96.6 Å². The Morgan fingerprint density at radius 2 is 1.76 bits per heavy atom. The van der Waals surface area contributed by atoms with Crippen LogP contribution in [0.1, 0.15) is 30.1 Å². The number of benzene rings is 1. The minimum atomic E-state index is -0.0179. The van der Waals surface area contributed by atoms with Crippen molar-refractivity contribution < 1.29 is 4.79 Å². The molecular weight excluding hydrogens is 412 g/mol. The lowest BCUT2D eigenvalue weighted by Gasteiger charge is -2.32. The third kappa shape index (κ3) is 5.04. The van der Waals surface area contributed by atoms with E-state index in [9.17, 15) is 4.79 Å². The second-order valence-corrected chi connectivity index (χ2v) is 8.44. The predicted molar refractivity (Wildman–Crippen MR) is 128 cm³/mol. The van der Waals surface area contributed by atoms with Crippen LogP contribution in [0.15, 0.2) is 85.3 Å². The van der Waals surface area contributed by atoms with Gasteiger partial charge in [-0.1, -0.05) is 36.4 Å². The predicted octanol–water partition coefficient (Wildman–Crippen LogP) is 4.09. The van der Waals surface area contributed by atoms with Crippen molar-refractivity contribution >= 4 is 11.7 Å². The van der Waals surface area contributed by atoms with Crippen LogP contribution >= 0.6 is 0 Å². The zero-order valence-corrected chi connectivity index (χ0v) is 18.5. The molecule has 168 valence electrons. The first-order valence-electron chi connectivity index (χ1n) is 11.4. The fraction of sp³-hybridized carbons (Fsp3) is 0.269. The lowest BCUT2D eigenvalue weighted by Crippen LogP contribution is -2.35. The van der Waals surface area contributed by atoms with Gasteiger partial charge in [0.15, 0.2) is 0 Å². The summed E-state index contributed by atoms with van der Waals surface area (Å²) in [5, 5.41) is 7.57. The fourth-order valence-corrected chi connectivity index (χ4v) is 4.49. The number of likely N-dealkylation sites (tertiary alicyclic amines) is 1. The molecule has 0 spiro atoms. The average molecular weight is 441 g/mol. The Labute approximate surface area is 193 Å². The topological polar surface area (TPSA) is 68.0 Å². The van der Waals surface area contributed by atoms with Gasteiger partial charge in [0.25, 0.3) is 0 Å². The summed E-state index contributed by atoms with van der Waals surface area (Å²) in [6, 6.07) is 22.2. The third-order valence-electron chi connectivity index (χ3n) is 6.16. The van der Waals surface area contributed by atoms with Gasteiger partial charge in [0.2, 0.25) is 5.91 Å². The Morgan fingerprint density at radius 3 is 2.55 bits per heavy atom. The molecule has 4 aromatic rings. The van der Waals surface area contributed by atoms with Crippen molar-refractivity contribution in [3.63, 3.8) is 0 Å². The zero-order valence-electron chi connectivity index (χ0n) is 18.5. The summed E-state index contributed by atoms with van der Waals surface area (Å²) in [6.45, 7) is 2.85. The molecule has 3 aromatic heterocycles. The molecular formula is C26H28N6O. The van der Waals surface area contributed by atoms with E-state index >= 15 is 0 Å². The maximum absolute atomic E-state index is 12.5. The van der Waals surface area contributed by atoms with Gasteiger partial charge < -0.3 is 9.88 Å². The van der Waals surface area contributed by atoms with Crippen molar-refractivity contribution in [1.82, 2.24) is 24.2 Å². The highest BCUT2D eigenvalue weighted by Gasteiger charge is 2.24. The van der Waals surface area contributed by atoms with Crippen molar-refractivity contribution in [3.8, 4) is 5.82 Å². The number of carbonyl (C=O) groups excluding carboxylic acids is 1. The van der Waals surface area contributed by atoms with E-state index in [2.05, 4.69) is 43.2 Å². The van der Waals surface area contributed by atoms with Gasteiger partial charge in [0, 0.05) is 43.8 Å². The highest BCUT2D eigenvalue weighted by Crippen LogP contribution is 2.26. The minimum absolute atomic E-state index is 0.0179. The molecule has 1 amide bonds. The van der Waals surface area contributed by atoms with Gasteiger partial charge in [-0.2, -0.15) is 5.10 Å². The molecule has 0 aliphatic carbocycles. The highest BCUT2D eigenvalue weighted by atomic mass is 16.1. The van der Waals surface area contributed by atoms with Gasteiger partial charge in [-0.25, -0.2) is 9.67 Å². The summed E-state index contributed by atoms with van der Waals surface area (Å²) in [5.74, 6) is 1.70. The number of aromatic nitrogens is 4. The van der Waals surface area contributed by atoms with E-state index in [0.717, 1.165) is 49.7 Å². The van der Waals surface area contributed by atoms with Crippen molar-refractivity contribution in [2.24, 2.45) is 0 Å². The van der Waals surface area contributed by atoms with Crippen LogP contribution in [0, 0.1) is 0 Å². The number of rotatable bonds is 7. The lowest BCUT2D eigenvalue weighted by molar-refractivity contribution is -0.115. The normalized spacial score (nSPS) is 14.9. The van der Waals surface area contributed by atoms with E-state index in [1.54, 1.807) is 6.20 Å². The molecule has 1 aliphatic rings. The maximum Gasteiger partial charge on any atom is 0.229 e.